The van der Waals surface area contributed by atoms with Crippen molar-refractivity contribution >= 4 is 29.0 Å². The molecule has 0 aliphatic carbocycles. The lowest BCUT2D eigenvalue weighted by Crippen LogP contribution is -2.32. The SMILES string of the molecule is CCOc1ccc(/C=C2\SC(=O)N(CCOc3ccc(F)cc3)C2=O)cc1OCC. The summed E-state index contributed by atoms with van der Waals surface area (Å²) in [7, 11) is 0. The summed E-state index contributed by atoms with van der Waals surface area (Å²) < 4.78 is 29.6. The molecule has 30 heavy (non-hydrogen) atoms. The zero-order valence-corrected chi connectivity index (χ0v) is 17.5. The van der Waals surface area contributed by atoms with Gasteiger partial charge in [-0.2, -0.15) is 0 Å². The van der Waals surface area contributed by atoms with Crippen molar-refractivity contribution in [2.75, 3.05) is 26.4 Å². The third-order valence-corrected chi connectivity index (χ3v) is 5.04. The van der Waals surface area contributed by atoms with Crippen LogP contribution in [0.1, 0.15) is 19.4 Å². The lowest BCUT2D eigenvalue weighted by Gasteiger charge is -2.13. The summed E-state index contributed by atoms with van der Waals surface area (Å²) in [6.07, 6.45) is 1.66. The highest BCUT2D eigenvalue weighted by Gasteiger charge is 2.34. The van der Waals surface area contributed by atoms with E-state index in [0.717, 1.165) is 22.2 Å². The third kappa shape index (κ3) is 5.33. The zero-order chi connectivity index (χ0) is 21.5. The molecule has 0 saturated carbocycles. The van der Waals surface area contributed by atoms with Crippen LogP contribution < -0.4 is 14.2 Å². The second-order valence-corrected chi connectivity index (χ2v) is 7.20. The molecule has 0 bridgehead atoms. The van der Waals surface area contributed by atoms with Crippen LogP contribution in [0.15, 0.2) is 47.4 Å². The Labute approximate surface area is 178 Å². The van der Waals surface area contributed by atoms with E-state index >= 15 is 0 Å². The fourth-order valence-electron chi connectivity index (χ4n) is 2.79. The Balaban J connectivity index is 1.66. The summed E-state index contributed by atoms with van der Waals surface area (Å²) in [6, 6.07) is 10.9. The summed E-state index contributed by atoms with van der Waals surface area (Å²) in [5, 5.41) is -0.357. The zero-order valence-electron chi connectivity index (χ0n) is 16.7. The molecular weight excluding hydrogens is 409 g/mol. The van der Waals surface area contributed by atoms with Crippen molar-refractivity contribution in [1.82, 2.24) is 4.90 Å². The molecule has 2 aromatic rings. The molecule has 1 aliphatic heterocycles. The van der Waals surface area contributed by atoms with Crippen LogP contribution in [-0.4, -0.2) is 42.4 Å². The van der Waals surface area contributed by atoms with Gasteiger partial charge in [0.25, 0.3) is 11.1 Å². The van der Waals surface area contributed by atoms with Crippen molar-refractivity contribution in [2.24, 2.45) is 0 Å². The van der Waals surface area contributed by atoms with Gasteiger partial charge < -0.3 is 14.2 Å². The molecule has 3 rings (SSSR count). The maximum atomic E-state index is 12.9. The average Bonchev–Trinajstić information content (AvgIpc) is 2.99. The van der Waals surface area contributed by atoms with Crippen LogP contribution in [-0.2, 0) is 4.79 Å². The molecular formula is C22H22FNO5S. The van der Waals surface area contributed by atoms with Crippen LogP contribution in [0.5, 0.6) is 17.2 Å². The largest absolute Gasteiger partial charge is 0.492 e. The van der Waals surface area contributed by atoms with E-state index in [1.165, 1.54) is 24.3 Å². The lowest BCUT2D eigenvalue weighted by atomic mass is 10.2. The van der Waals surface area contributed by atoms with Crippen LogP contribution in [0.2, 0.25) is 0 Å². The minimum atomic E-state index is -0.375. The molecule has 8 heteroatoms. The van der Waals surface area contributed by atoms with Crippen molar-refractivity contribution in [3.63, 3.8) is 0 Å². The molecule has 2 amide bonds. The van der Waals surface area contributed by atoms with E-state index in [9.17, 15) is 14.0 Å². The first-order chi connectivity index (χ1) is 14.5. The molecule has 158 valence electrons. The number of carbonyl (C=O) groups is 2. The first-order valence-corrected chi connectivity index (χ1v) is 10.4. The summed E-state index contributed by atoms with van der Waals surface area (Å²) in [5.74, 6) is 0.944. The Morgan fingerprint density at radius 1 is 0.967 bits per heavy atom. The first kappa shape index (κ1) is 21.7. The predicted octanol–water partition coefficient (Wildman–Crippen LogP) is 4.74. The fourth-order valence-corrected chi connectivity index (χ4v) is 3.65. The number of amides is 2. The highest BCUT2D eigenvalue weighted by Crippen LogP contribution is 2.34. The highest BCUT2D eigenvalue weighted by molar-refractivity contribution is 8.18. The fraction of sp³-hybridized carbons (Fsp3) is 0.273. The predicted molar refractivity (Wildman–Crippen MR) is 113 cm³/mol. The van der Waals surface area contributed by atoms with Crippen LogP contribution in [0.4, 0.5) is 9.18 Å². The van der Waals surface area contributed by atoms with Gasteiger partial charge in [-0.05, 0) is 73.6 Å². The van der Waals surface area contributed by atoms with Gasteiger partial charge in [-0.25, -0.2) is 4.39 Å². The topological polar surface area (TPSA) is 65.1 Å². The molecule has 0 unspecified atom stereocenters. The van der Waals surface area contributed by atoms with Gasteiger partial charge in [-0.3, -0.25) is 14.5 Å². The van der Waals surface area contributed by atoms with Gasteiger partial charge in [0.2, 0.25) is 0 Å². The van der Waals surface area contributed by atoms with Gasteiger partial charge >= 0.3 is 0 Å². The van der Waals surface area contributed by atoms with Crippen molar-refractivity contribution in [3.05, 3.63) is 58.8 Å². The summed E-state index contributed by atoms with van der Waals surface area (Å²) >= 11 is 0.880. The Hall–Kier alpha value is -3.00. The van der Waals surface area contributed by atoms with Crippen molar-refractivity contribution in [2.45, 2.75) is 13.8 Å². The molecule has 2 aromatic carbocycles. The van der Waals surface area contributed by atoms with Gasteiger partial charge in [0.1, 0.15) is 18.2 Å². The van der Waals surface area contributed by atoms with E-state index in [4.69, 9.17) is 14.2 Å². The molecule has 0 spiro atoms. The summed E-state index contributed by atoms with van der Waals surface area (Å²) in [4.78, 5) is 26.4. The van der Waals surface area contributed by atoms with Crippen LogP contribution in [0, 0.1) is 5.82 Å². The second-order valence-electron chi connectivity index (χ2n) is 6.21. The molecule has 0 radical (unpaired) electrons. The maximum absolute atomic E-state index is 12.9. The summed E-state index contributed by atoms with van der Waals surface area (Å²) in [6.45, 7) is 4.98. The Morgan fingerprint density at radius 3 is 2.37 bits per heavy atom. The number of halogens is 1. The molecule has 0 aromatic heterocycles. The monoisotopic (exact) mass is 431 g/mol. The van der Waals surface area contributed by atoms with Gasteiger partial charge in [-0.1, -0.05) is 6.07 Å². The number of benzene rings is 2. The van der Waals surface area contributed by atoms with Crippen LogP contribution in [0.3, 0.4) is 0 Å². The number of hydrogen-bond donors (Lipinski definition) is 0. The van der Waals surface area contributed by atoms with E-state index in [1.807, 2.05) is 13.8 Å². The van der Waals surface area contributed by atoms with Gasteiger partial charge in [0, 0.05) is 0 Å². The Kier molecular flexibility index (Phi) is 7.35. The van der Waals surface area contributed by atoms with E-state index < -0.39 is 0 Å². The van der Waals surface area contributed by atoms with Crippen molar-refractivity contribution in [1.29, 1.82) is 0 Å². The number of carbonyl (C=O) groups excluding carboxylic acids is 2. The van der Waals surface area contributed by atoms with Crippen LogP contribution in [0.25, 0.3) is 6.08 Å². The lowest BCUT2D eigenvalue weighted by molar-refractivity contribution is -0.123. The minimum Gasteiger partial charge on any atom is -0.492 e. The number of ether oxygens (including phenoxy) is 3. The number of nitrogens with zero attached hydrogens (tertiary/aromatic N) is 1. The molecule has 1 fully saturated rings. The Morgan fingerprint density at radius 2 is 1.67 bits per heavy atom. The quantitative estimate of drug-likeness (QED) is 0.535. The molecule has 1 aliphatic rings. The minimum absolute atomic E-state index is 0.104. The van der Waals surface area contributed by atoms with E-state index in [-0.39, 0.29) is 30.1 Å². The highest BCUT2D eigenvalue weighted by atomic mass is 32.2. The standard InChI is InChI=1S/C22H22FNO5S/c1-3-27-18-10-5-15(13-19(18)28-4-2)14-20-21(25)24(22(26)30-20)11-12-29-17-8-6-16(23)7-9-17/h5-10,13-14H,3-4,11-12H2,1-2H3/b20-14-. The summed E-state index contributed by atoms with van der Waals surface area (Å²) in [5.41, 5.74) is 0.731. The third-order valence-electron chi connectivity index (χ3n) is 4.14. The van der Waals surface area contributed by atoms with Crippen molar-refractivity contribution < 1.29 is 28.2 Å². The molecule has 1 heterocycles. The number of rotatable bonds is 9. The average molecular weight is 431 g/mol. The Bertz CT molecular complexity index is 945. The molecule has 1 saturated heterocycles. The van der Waals surface area contributed by atoms with E-state index in [1.54, 1.807) is 24.3 Å². The number of thioether (sulfide) groups is 1. The van der Waals surface area contributed by atoms with E-state index in [2.05, 4.69) is 0 Å². The molecule has 6 nitrogen and oxygen atoms in total. The number of imide groups is 1. The van der Waals surface area contributed by atoms with Gasteiger partial charge in [0.05, 0.1) is 24.7 Å². The van der Waals surface area contributed by atoms with Gasteiger partial charge in [0.15, 0.2) is 11.5 Å². The smallest absolute Gasteiger partial charge is 0.293 e. The van der Waals surface area contributed by atoms with Gasteiger partial charge in [-0.15, -0.1) is 0 Å². The molecule has 0 atom stereocenters. The second kappa shape index (κ2) is 10.2. The molecule has 0 N–H and O–H groups in total. The van der Waals surface area contributed by atoms with E-state index in [0.29, 0.717) is 35.4 Å². The first-order valence-electron chi connectivity index (χ1n) is 9.55. The number of hydrogen-bond acceptors (Lipinski definition) is 6. The maximum Gasteiger partial charge on any atom is 0.293 e. The normalized spacial score (nSPS) is 15.0. The van der Waals surface area contributed by atoms with Crippen LogP contribution >= 0.6 is 11.8 Å². The van der Waals surface area contributed by atoms with Crippen molar-refractivity contribution in [3.8, 4) is 17.2 Å².